The maximum absolute atomic E-state index is 13.7. The van der Waals surface area contributed by atoms with Gasteiger partial charge in [0.2, 0.25) is 18.1 Å². The van der Waals surface area contributed by atoms with Crippen molar-refractivity contribution in [2.45, 2.75) is 38.9 Å². The average molecular weight is 507 g/mol. The first-order valence-corrected chi connectivity index (χ1v) is 12.9. The predicted octanol–water partition coefficient (Wildman–Crippen LogP) is 3.85. The Labute approximate surface area is 214 Å². The number of benzene rings is 1. The highest BCUT2D eigenvalue weighted by Gasteiger charge is 2.41. The Hall–Kier alpha value is -3.37. The third kappa shape index (κ3) is 5.08. The summed E-state index contributed by atoms with van der Waals surface area (Å²) in [5.41, 5.74) is 1.93. The molecule has 0 unspecified atom stereocenters. The van der Waals surface area contributed by atoms with E-state index in [4.69, 9.17) is 19.4 Å². The lowest BCUT2D eigenvalue weighted by Crippen LogP contribution is -2.49. The van der Waals surface area contributed by atoms with Crippen molar-refractivity contribution in [3.05, 3.63) is 48.2 Å². The molecule has 2 saturated heterocycles. The number of anilines is 1. The van der Waals surface area contributed by atoms with Crippen LogP contribution in [-0.2, 0) is 14.3 Å². The van der Waals surface area contributed by atoms with E-state index in [0.29, 0.717) is 41.3 Å². The van der Waals surface area contributed by atoms with Gasteiger partial charge in [-0.3, -0.25) is 4.79 Å². The topological polar surface area (TPSA) is 105 Å². The minimum atomic E-state index is -0.767. The minimum absolute atomic E-state index is 0.0552. The van der Waals surface area contributed by atoms with Gasteiger partial charge in [0.05, 0.1) is 35.7 Å². The molecular weight excluding hydrogens is 475 g/mol. The number of aromatic nitrogens is 4. The van der Waals surface area contributed by atoms with Crippen LogP contribution < -0.4 is 10.2 Å². The smallest absolute Gasteiger partial charge is 0.230 e. The summed E-state index contributed by atoms with van der Waals surface area (Å²) in [6.07, 6.45) is 5.57. The Morgan fingerprint density at radius 3 is 2.57 bits per heavy atom. The van der Waals surface area contributed by atoms with Gasteiger partial charge in [-0.05, 0) is 68.9 Å². The van der Waals surface area contributed by atoms with Gasteiger partial charge in [-0.1, -0.05) is 0 Å². The Morgan fingerprint density at radius 2 is 1.86 bits per heavy atom. The van der Waals surface area contributed by atoms with E-state index in [2.05, 4.69) is 20.2 Å². The van der Waals surface area contributed by atoms with Crippen molar-refractivity contribution in [1.82, 2.24) is 25.3 Å². The van der Waals surface area contributed by atoms with Crippen LogP contribution in [0.2, 0.25) is 0 Å². The summed E-state index contributed by atoms with van der Waals surface area (Å²) < 4.78 is 25.7. The van der Waals surface area contributed by atoms with Crippen LogP contribution >= 0.6 is 0 Å². The zero-order valence-corrected chi connectivity index (χ0v) is 20.9. The fraction of sp³-hybridized carbons (Fsp3) is 0.481. The van der Waals surface area contributed by atoms with E-state index in [-0.39, 0.29) is 24.9 Å². The fourth-order valence-electron chi connectivity index (χ4n) is 4.73. The Balaban J connectivity index is 1.27. The van der Waals surface area contributed by atoms with E-state index in [1.807, 2.05) is 13.0 Å². The summed E-state index contributed by atoms with van der Waals surface area (Å²) in [7, 11) is 0. The highest BCUT2D eigenvalue weighted by atomic mass is 19.1. The first kappa shape index (κ1) is 24.0. The molecule has 3 aliphatic rings. The molecule has 4 heterocycles. The first-order chi connectivity index (χ1) is 18.0. The van der Waals surface area contributed by atoms with E-state index in [1.54, 1.807) is 18.3 Å². The highest BCUT2D eigenvalue weighted by molar-refractivity contribution is 5.82. The number of hydrogen-bond donors (Lipinski definition) is 2. The zero-order valence-electron chi connectivity index (χ0n) is 20.9. The van der Waals surface area contributed by atoms with Crippen LogP contribution in [0.25, 0.3) is 22.6 Å². The van der Waals surface area contributed by atoms with E-state index >= 15 is 0 Å². The monoisotopic (exact) mass is 506 g/mol. The molecule has 0 bridgehead atoms. The molecule has 9 nitrogen and oxygen atoms in total. The zero-order chi connectivity index (χ0) is 25.4. The largest absolute Gasteiger partial charge is 0.355 e. The number of H-pyrrole nitrogens is 1. The molecule has 194 valence electrons. The number of rotatable bonds is 7. The van der Waals surface area contributed by atoms with Gasteiger partial charge in [0, 0.05) is 31.4 Å². The van der Waals surface area contributed by atoms with E-state index in [0.717, 1.165) is 31.5 Å². The van der Waals surface area contributed by atoms with Crippen LogP contribution in [0.15, 0.2) is 36.5 Å². The number of nitrogens with zero attached hydrogens (tertiary/aromatic N) is 4. The van der Waals surface area contributed by atoms with E-state index in [1.165, 1.54) is 25.0 Å². The van der Waals surface area contributed by atoms with Crippen molar-refractivity contribution in [3.8, 4) is 22.6 Å². The maximum atomic E-state index is 13.7. The third-order valence-electron chi connectivity index (χ3n) is 7.25. The van der Waals surface area contributed by atoms with Gasteiger partial charge >= 0.3 is 0 Å². The van der Waals surface area contributed by atoms with Crippen molar-refractivity contribution in [1.29, 1.82) is 0 Å². The van der Waals surface area contributed by atoms with E-state index < -0.39 is 11.7 Å². The van der Waals surface area contributed by atoms with Crippen LogP contribution in [0.4, 0.5) is 10.3 Å². The Morgan fingerprint density at radius 1 is 1.14 bits per heavy atom. The normalized spacial score (nSPS) is 23.8. The number of aromatic amines is 1. The standard InChI is InChI=1S/C27H31FN6O3/c1-27(25(35)30-14-17-4-5-17)15-36-24(37-16-27)23-32-21(18-6-8-19(28)9-7-18)22(33-23)20-10-11-29-26(31-20)34-12-2-3-13-34/h6-11,17,24H,2-5,12-16H2,1H3,(H,30,35)(H,32,33). The molecule has 2 aromatic heterocycles. The lowest BCUT2D eigenvalue weighted by molar-refractivity contribution is -0.231. The quantitative estimate of drug-likeness (QED) is 0.501. The number of imidazole rings is 1. The third-order valence-corrected chi connectivity index (χ3v) is 7.25. The molecule has 0 spiro atoms. The SMILES string of the molecule is CC1(C(=O)NCC2CC2)COC(c2nc(-c3ccc(F)cc3)c(-c3ccnc(N4CCCC4)n3)[nH]2)OC1. The average Bonchev–Trinajstić information content (AvgIpc) is 3.38. The molecule has 10 heteroatoms. The van der Waals surface area contributed by atoms with Crippen LogP contribution in [0.3, 0.4) is 0 Å². The van der Waals surface area contributed by atoms with Crippen molar-refractivity contribution >= 4 is 11.9 Å². The summed E-state index contributed by atoms with van der Waals surface area (Å²) in [5, 5.41) is 3.03. The van der Waals surface area contributed by atoms with Gasteiger partial charge in [-0.25, -0.2) is 19.3 Å². The molecule has 1 saturated carbocycles. The van der Waals surface area contributed by atoms with Crippen molar-refractivity contribution in [3.63, 3.8) is 0 Å². The molecule has 2 aliphatic heterocycles. The Bertz CT molecular complexity index is 1260. The molecule has 3 fully saturated rings. The van der Waals surface area contributed by atoms with Crippen LogP contribution in [-0.4, -0.2) is 58.7 Å². The summed E-state index contributed by atoms with van der Waals surface area (Å²) in [4.78, 5) is 32.3. The molecule has 37 heavy (non-hydrogen) atoms. The first-order valence-electron chi connectivity index (χ1n) is 12.9. The molecule has 2 N–H and O–H groups in total. The highest BCUT2D eigenvalue weighted by Crippen LogP contribution is 2.36. The van der Waals surface area contributed by atoms with Gasteiger partial charge in [0.1, 0.15) is 5.82 Å². The number of halogens is 1. The summed E-state index contributed by atoms with van der Waals surface area (Å²) >= 11 is 0. The second kappa shape index (κ2) is 9.83. The second-order valence-corrected chi connectivity index (χ2v) is 10.5. The summed E-state index contributed by atoms with van der Waals surface area (Å²) in [6.45, 7) is 4.84. The molecule has 0 radical (unpaired) electrons. The van der Waals surface area contributed by atoms with Crippen molar-refractivity contribution in [2.75, 3.05) is 37.7 Å². The number of amides is 1. The number of carbonyl (C=O) groups excluding carboxylic acids is 1. The van der Waals surface area contributed by atoms with Gasteiger partial charge in [-0.2, -0.15) is 0 Å². The molecule has 0 atom stereocenters. The number of nitrogens with one attached hydrogen (secondary N) is 2. The Kier molecular flexibility index (Phi) is 6.37. The van der Waals surface area contributed by atoms with Gasteiger partial charge in [-0.15, -0.1) is 0 Å². The molecular formula is C27H31FN6O3. The molecule has 1 aromatic carbocycles. The number of carbonyl (C=O) groups is 1. The van der Waals surface area contributed by atoms with Gasteiger partial charge < -0.3 is 24.7 Å². The van der Waals surface area contributed by atoms with Crippen LogP contribution in [0.1, 0.15) is 44.7 Å². The molecule has 1 amide bonds. The van der Waals surface area contributed by atoms with Gasteiger partial charge in [0.25, 0.3) is 0 Å². The molecule has 1 aliphatic carbocycles. The van der Waals surface area contributed by atoms with Crippen molar-refractivity contribution < 1.29 is 18.7 Å². The summed E-state index contributed by atoms with van der Waals surface area (Å²) in [6, 6.07) is 8.01. The summed E-state index contributed by atoms with van der Waals surface area (Å²) in [5.74, 6) is 1.37. The predicted molar refractivity (Wildman–Crippen MR) is 135 cm³/mol. The second-order valence-electron chi connectivity index (χ2n) is 10.5. The van der Waals surface area contributed by atoms with E-state index in [9.17, 15) is 9.18 Å². The lowest BCUT2D eigenvalue weighted by atomic mass is 9.91. The fourth-order valence-corrected chi connectivity index (χ4v) is 4.73. The van der Waals surface area contributed by atoms with Crippen molar-refractivity contribution in [2.24, 2.45) is 11.3 Å². The molecule has 6 rings (SSSR count). The number of ether oxygens (including phenoxy) is 2. The maximum Gasteiger partial charge on any atom is 0.230 e. The van der Waals surface area contributed by atoms with Crippen LogP contribution in [0.5, 0.6) is 0 Å². The van der Waals surface area contributed by atoms with Gasteiger partial charge in [0.15, 0.2) is 5.82 Å². The molecule has 3 aromatic rings. The number of hydrogen-bond acceptors (Lipinski definition) is 7. The minimum Gasteiger partial charge on any atom is -0.355 e. The van der Waals surface area contributed by atoms with Crippen LogP contribution in [0, 0.1) is 17.2 Å². The lowest BCUT2D eigenvalue weighted by Gasteiger charge is -2.35.